The van der Waals surface area contributed by atoms with Crippen LogP contribution < -0.4 is 10.2 Å². The molecule has 1 aliphatic heterocycles. The minimum atomic E-state index is 0.0604. The van der Waals surface area contributed by atoms with E-state index >= 15 is 0 Å². The first-order valence-corrected chi connectivity index (χ1v) is 7.43. The maximum Gasteiger partial charge on any atom is 0.318 e. The Kier molecular flexibility index (Phi) is 4.17. The Morgan fingerprint density at radius 2 is 2.22 bits per heavy atom. The molecule has 0 spiro atoms. The first-order valence-electron chi connectivity index (χ1n) is 6.38. The number of aromatic nitrogens is 2. The monoisotopic (exact) mass is 270 g/mol. The predicted molar refractivity (Wildman–Crippen MR) is 75.0 cm³/mol. The van der Waals surface area contributed by atoms with Gasteiger partial charge in [0.25, 0.3) is 0 Å². The van der Waals surface area contributed by atoms with Crippen molar-refractivity contribution in [2.45, 2.75) is 45.0 Å². The second-order valence-electron chi connectivity index (χ2n) is 5.71. The highest BCUT2D eigenvalue weighted by atomic mass is 32.2. The lowest BCUT2D eigenvalue weighted by molar-refractivity contribution is 0.380. The van der Waals surface area contributed by atoms with E-state index in [2.05, 4.69) is 48.1 Å². The lowest BCUT2D eigenvalue weighted by Crippen LogP contribution is -2.36. The van der Waals surface area contributed by atoms with Gasteiger partial charge in [0.05, 0.1) is 6.54 Å². The third-order valence-corrected chi connectivity index (χ3v) is 3.87. The van der Waals surface area contributed by atoms with Gasteiger partial charge in [-0.3, -0.25) is 0 Å². The summed E-state index contributed by atoms with van der Waals surface area (Å²) in [4.78, 5) is 2.18. The van der Waals surface area contributed by atoms with Crippen molar-refractivity contribution in [3.63, 3.8) is 0 Å². The lowest BCUT2D eigenvalue weighted by Gasteiger charge is -2.28. The molecule has 2 heterocycles. The van der Waals surface area contributed by atoms with E-state index in [1.807, 2.05) is 11.8 Å². The molecule has 1 aromatic rings. The van der Waals surface area contributed by atoms with Gasteiger partial charge < -0.3 is 14.6 Å². The van der Waals surface area contributed by atoms with Gasteiger partial charge in [-0.1, -0.05) is 12.0 Å². The molecule has 5 nitrogen and oxygen atoms in total. The fourth-order valence-electron chi connectivity index (χ4n) is 1.78. The predicted octanol–water partition coefficient (Wildman–Crippen LogP) is 1.90. The van der Waals surface area contributed by atoms with Crippen LogP contribution in [0.3, 0.4) is 0 Å². The number of thioether (sulfide) groups is 1. The van der Waals surface area contributed by atoms with Crippen LogP contribution in [0.2, 0.25) is 0 Å². The summed E-state index contributed by atoms with van der Waals surface area (Å²) >= 11 is 1.99. The fourth-order valence-corrected chi connectivity index (χ4v) is 2.79. The molecule has 0 amide bonds. The highest BCUT2D eigenvalue weighted by molar-refractivity contribution is 8.00. The zero-order chi connectivity index (χ0) is 13.2. The Morgan fingerprint density at radius 3 is 2.89 bits per heavy atom. The summed E-state index contributed by atoms with van der Waals surface area (Å²) in [7, 11) is 0. The molecule has 2 rings (SSSR count). The minimum Gasteiger partial charge on any atom is -0.407 e. The molecule has 18 heavy (non-hydrogen) atoms. The Balaban J connectivity index is 1.93. The largest absolute Gasteiger partial charge is 0.407 e. The molecule has 1 fully saturated rings. The van der Waals surface area contributed by atoms with Crippen molar-refractivity contribution in [1.29, 1.82) is 0 Å². The zero-order valence-corrected chi connectivity index (χ0v) is 12.4. The van der Waals surface area contributed by atoms with E-state index in [4.69, 9.17) is 4.42 Å². The topological polar surface area (TPSA) is 54.2 Å². The van der Waals surface area contributed by atoms with E-state index in [0.717, 1.165) is 18.8 Å². The Bertz CT molecular complexity index is 388. The van der Waals surface area contributed by atoms with Crippen molar-refractivity contribution in [2.24, 2.45) is 0 Å². The second kappa shape index (κ2) is 5.48. The van der Waals surface area contributed by atoms with E-state index in [1.165, 1.54) is 0 Å². The second-order valence-corrected chi connectivity index (χ2v) is 7.26. The first-order chi connectivity index (χ1) is 8.44. The molecule has 0 aromatic carbocycles. The van der Waals surface area contributed by atoms with Crippen LogP contribution in [0.25, 0.3) is 0 Å². The minimum absolute atomic E-state index is 0.0604. The highest BCUT2D eigenvalue weighted by Crippen LogP contribution is 2.22. The van der Waals surface area contributed by atoms with Gasteiger partial charge >= 0.3 is 6.01 Å². The average molecular weight is 270 g/mol. The van der Waals surface area contributed by atoms with Crippen LogP contribution in [0.4, 0.5) is 6.01 Å². The molecule has 1 aromatic heterocycles. The van der Waals surface area contributed by atoms with Gasteiger partial charge in [-0.15, -0.1) is 5.10 Å². The van der Waals surface area contributed by atoms with Gasteiger partial charge in [0.15, 0.2) is 0 Å². The number of rotatable bonds is 3. The molecule has 1 atom stereocenters. The van der Waals surface area contributed by atoms with Gasteiger partial charge in [-0.05, 0) is 20.8 Å². The van der Waals surface area contributed by atoms with Crippen molar-refractivity contribution in [2.75, 3.05) is 23.7 Å². The number of nitrogens with zero attached hydrogens (tertiary/aromatic N) is 3. The average Bonchev–Trinajstić information content (AvgIpc) is 2.74. The number of hydrogen-bond acceptors (Lipinski definition) is 6. The van der Waals surface area contributed by atoms with Crippen molar-refractivity contribution in [3.8, 4) is 0 Å². The van der Waals surface area contributed by atoms with Crippen LogP contribution in [-0.4, -0.2) is 39.8 Å². The van der Waals surface area contributed by atoms with Crippen LogP contribution in [0.1, 0.15) is 33.6 Å². The van der Waals surface area contributed by atoms with E-state index in [0.29, 0.717) is 23.7 Å². The Morgan fingerprint density at radius 1 is 1.44 bits per heavy atom. The van der Waals surface area contributed by atoms with Crippen LogP contribution in [0.15, 0.2) is 4.42 Å². The van der Waals surface area contributed by atoms with Gasteiger partial charge in [0, 0.05) is 29.6 Å². The third-order valence-electron chi connectivity index (χ3n) is 2.74. The summed E-state index contributed by atoms with van der Waals surface area (Å²) < 4.78 is 5.70. The standard InChI is InChI=1S/C12H22N4OS/c1-9-8-16(5-6-18-9)11-15-14-10(17-11)7-13-12(2,3)4/h9,13H,5-8H2,1-4H3. The van der Waals surface area contributed by atoms with Crippen molar-refractivity contribution in [3.05, 3.63) is 5.89 Å². The van der Waals surface area contributed by atoms with E-state index < -0.39 is 0 Å². The summed E-state index contributed by atoms with van der Waals surface area (Å²) in [5, 5.41) is 12.2. The number of hydrogen-bond donors (Lipinski definition) is 1. The number of nitrogens with one attached hydrogen (secondary N) is 1. The van der Waals surface area contributed by atoms with Gasteiger partial charge in [-0.2, -0.15) is 11.8 Å². The van der Waals surface area contributed by atoms with Crippen molar-refractivity contribution < 1.29 is 4.42 Å². The summed E-state index contributed by atoms with van der Waals surface area (Å²) in [6, 6.07) is 0.660. The molecule has 0 radical (unpaired) electrons. The van der Waals surface area contributed by atoms with Crippen LogP contribution in [0, 0.1) is 0 Å². The van der Waals surface area contributed by atoms with Gasteiger partial charge in [-0.25, -0.2) is 0 Å². The van der Waals surface area contributed by atoms with Crippen molar-refractivity contribution in [1.82, 2.24) is 15.5 Å². The summed E-state index contributed by atoms with van der Waals surface area (Å²) in [6.07, 6.45) is 0. The molecule has 1 saturated heterocycles. The maximum absolute atomic E-state index is 5.70. The van der Waals surface area contributed by atoms with Crippen LogP contribution in [0.5, 0.6) is 0 Å². The van der Waals surface area contributed by atoms with Crippen LogP contribution >= 0.6 is 11.8 Å². The molecule has 6 heteroatoms. The Labute approximate surface area is 113 Å². The zero-order valence-electron chi connectivity index (χ0n) is 11.6. The molecule has 1 unspecified atom stereocenters. The molecule has 0 aliphatic carbocycles. The van der Waals surface area contributed by atoms with Gasteiger partial charge in [0.1, 0.15) is 0 Å². The molecule has 1 aliphatic rings. The quantitative estimate of drug-likeness (QED) is 0.905. The van der Waals surface area contributed by atoms with Crippen molar-refractivity contribution >= 4 is 17.8 Å². The van der Waals surface area contributed by atoms with E-state index in [9.17, 15) is 0 Å². The smallest absolute Gasteiger partial charge is 0.318 e. The molecule has 0 saturated carbocycles. The summed E-state index contributed by atoms with van der Waals surface area (Å²) in [5.41, 5.74) is 0.0604. The van der Waals surface area contributed by atoms with E-state index in [-0.39, 0.29) is 5.54 Å². The molecule has 1 N–H and O–H groups in total. The van der Waals surface area contributed by atoms with Crippen LogP contribution in [-0.2, 0) is 6.54 Å². The summed E-state index contributed by atoms with van der Waals surface area (Å²) in [6.45, 7) is 11.2. The third kappa shape index (κ3) is 3.88. The molecular weight excluding hydrogens is 248 g/mol. The lowest BCUT2D eigenvalue weighted by atomic mass is 10.1. The van der Waals surface area contributed by atoms with E-state index in [1.54, 1.807) is 0 Å². The maximum atomic E-state index is 5.70. The Hall–Kier alpha value is -0.750. The summed E-state index contributed by atoms with van der Waals surface area (Å²) in [5.74, 6) is 1.78. The normalized spacial score (nSPS) is 21.3. The number of anilines is 1. The first kappa shape index (κ1) is 13.7. The highest BCUT2D eigenvalue weighted by Gasteiger charge is 2.21. The molecular formula is C12H22N4OS. The fraction of sp³-hybridized carbons (Fsp3) is 0.833. The molecule has 0 bridgehead atoms. The molecule has 102 valence electrons. The van der Waals surface area contributed by atoms with Gasteiger partial charge in [0.2, 0.25) is 5.89 Å². The SMILES string of the molecule is CC1CN(c2nnc(CNC(C)(C)C)o2)CCS1.